The summed E-state index contributed by atoms with van der Waals surface area (Å²) in [6.45, 7) is 1.48. The molecule has 1 fully saturated rings. The molecule has 0 radical (unpaired) electrons. The fourth-order valence-corrected chi connectivity index (χ4v) is 3.28. The van der Waals surface area contributed by atoms with E-state index in [1.54, 1.807) is 24.6 Å². The molecule has 5 heteroatoms. The molecule has 2 heterocycles. The summed E-state index contributed by atoms with van der Waals surface area (Å²) in [6.07, 6.45) is 3.96. The number of carbonyl (C=O) groups excluding carboxylic acids is 1. The Bertz CT molecular complexity index is 612. The molecule has 110 valence electrons. The van der Waals surface area contributed by atoms with Gasteiger partial charge in [-0.2, -0.15) is 0 Å². The first-order valence-electron chi connectivity index (χ1n) is 7.10. The maximum atomic E-state index is 12.6. The van der Waals surface area contributed by atoms with Crippen LogP contribution in [0.15, 0.2) is 35.8 Å². The number of thiazole rings is 1. The van der Waals surface area contributed by atoms with E-state index < -0.39 is 0 Å². The molecule has 0 unspecified atom stereocenters. The number of rotatable bonds is 3. The molecule has 1 atom stereocenters. The highest BCUT2D eigenvalue weighted by molar-refractivity contribution is 7.13. The van der Waals surface area contributed by atoms with E-state index >= 15 is 0 Å². The van der Waals surface area contributed by atoms with E-state index in [0.29, 0.717) is 6.54 Å². The van der Waals surface area contributed by atoms with Crippen molar-refractivity contribution < 1.29 is 9.53 Å². The number of benzene rings is 1. The van der Waals surface area contributed by atoms with Crippen LogP contribution in [0, 0.1) is 0 Å². The van der Waals surface area contributed by atoms with E-state index in [1.807, 2.05) is 34.5 Å². The van der Waals surface area contributed by atoms with Crippen molar-refractivity contribution in [3.63, 3.8) is 0 Å². The number of aromatic nitrogens is 1. The lowest BCUT2D eigenvalue weighted by Crippen LogP contribution is -2.42. The third-order valence-corrected chi connectivity index (χ3v) is 4.61. The highest BCUT2D eigenvalue weighted by atomic mass is 32.1. The van der Waals surface area contributed by atoms with Crippen molar-refractivity contribution in [2.45, 2.75) is 18.9 Å². The normalized spacial score (nSPS) is 18.7. The second kappa shape index (κ2) is 6.37. The minimum absolute atomic E-state index is 0.0788. The molecule has 1 aromatic carbocycles. The van der Waals surface area contributed by atoms with Crippen LogP contribution in [0.25, 0.3) is 10.6 Å². The van der Waals surface area contributed by atoms with Crippen LogP contribution in [0.3, 0.4) is 0 Å². The number of hydrogen-bond acceptors (Lipinski definition) is 4. The summed E-state index contributed by atoms with van der Waals surface area (Å²) in [5.41, 5.74) is 1.72. The Morgan fingerprint density at radius 1 is 1.48 bits per heavy atom. The zero-order valence-corrected chi connectivity index (χ0v) is 12.8. The Kier molecular flexibility index (Phi) is 4.31. The summed E-state index contributed by atoms with van der Waals surface area (Å²) >= 11 is 1.58. The Morgan fingerprint density at radius 3 is 3.14 bits per heavy atom. The fraction of sp³-hybridized carbons (Fsp3) is 0.375. The van der Waals surface area contributed by atoms with E-state index in [4.69, 9.17) is 4.74 Å². The SMILES string of the molecule is CO[C@H]1CCCN(C(=O)c2cccc(-c3nccs3)c2)C1. The molecule has 4 nitrogen and oxygen atoms in total. The van der Waals surface area contributed by atoms with Crippen LogP contribution in [-0.2, 0) is 4.74 Å². The molecular weight excluding hydrogens is 284 g/mol. The summed E-state index contributed by atoms with van der Waals surface area (Å²) < 4.78 is 5.39. The van der Waals surface area contributed by atoms with Gasteiger partial charge in [0.15, 0.2) is 0 Å². The molecule has 0 spiro atoms. The zero-order valence-electron chi connectivity index (χ0n) is 12.0. The van der Waals surface area contributed by atoms with E-state index in [2.05, 4.69) is 4.98 Å². The topological polar surface area (TPSA) is 42.4 Å². The Hall–Kier alpha value is -1.72. The van der Waals surface area contributed by atoms with Gasteiger partial charge in [-0.3, -0.25) is 4.79 Å². The smallest absolute Gasteiger partial charge is 0.253 e. The Labute approximate surface area is 128 Å². The number of nitrogens with zero attached hydrogens (tertiary/aromatic N) is 2. The Morgan fingerprint density at radius 2 is 2.38 bits per heavy atom. The first kappa shape index (κ1) is 14.2. The van der Waals surface area contributed by atoms with E-state index in [9.17, 15) is 4.79 Å². The first-order chi connectivity index (χ1) is 10.3. The summed E-state index contributed by atoms with van der Waals surface area (Å²) in [5.74, 6) is 0.0788. The molecule has 1 aliphatic heterocycles. The van der Waals surface area contributed by atoms with Gasteiger partial charge in [0.1, 0.15) is 5.01 Å². The van der Waals surface area contributed by atoms with Crippen LogP contribution in [0.4, 0.5) is 0 Å². The van der Waals surface area contributed by atoms with Crippen molar-refractivity contribution in [3.8, 4) is 10.6 Å². The molecular formula is C16H18N2O2S. The number of methoxy groups -OCH3 is 1. The number of carbonyl (C=O) groups is 1. The fourth-order valence-electron chi connectivity index (χ4n) is 2.65. The minimum Gasteiger partial charge on any atom is -0.380 e. The number of ether oxygens (including phenoxy) is 1. The molecule has 0 aliphatic carbocycles. The van der Waals surface area contributed by atoms with Gasteiger partial charge in [-0.1, -0.05) is 12.1 Å². The molecule has 1 aromatic heterocycles. The van der Waals surface area contributed by atoms with Crippen LogP contribution in [-0.4, -0.2) is 42.1 Å². The maximum absolute atomic E-state index is 12.6. The molecule has 3 rings (SSSR count). The lowest BCUT2D eigenvalue weighted by Gasteiger charge is -2.32. The van der Waals surface area contributed by atoms with Gasteiger partial charge in [-0.15, -0.1) is 11.3 Å². The average Bonchev–Trinajstić information content (AvgIpc) is 3.09. The van der Waals surface area contributed by atoms with Crippen molar-refractivity contribution in [2.24, 2.45) is 0 Å². The largest absolute Gasteiger partial charge is 0.380 e. The Balaban J connectivity index is 1.80. The van der Waals surface area contributed by atoms with Crippen molar-refractivity contribution >= 4 is 17.2 Å². The quantitative estimate of drug-likeness (QED) is 0.875. The predicted octanol–water partition coefficient (Wildman–Crippen LogP) is 3.06. The summed E-state index contributed by atoms with van der Waals surface area (Å²) in [4.78, 5) is 18.8. The molecule has 0 bridgehead atoms. The van der Waals surface area contributed by atoms with E-state index in [-0.39, 0.29) is 12.0 Å². The van der Waals surface area contributed by atoms with Crippen LogP contribution >= 0.6 is 11.3 Å². The second-order valence-electron chi connectivity index (χ2n) is 5.17. The third kappa shape index (κ3) is 3.14. The molecule has 2 aromatic rings. The van der Waals surface area contributed by atoms with Gasteiger partial charge >= 0.3 is 0 Å². The van der Waals surface area contributed by atoms with Gasteiger partial charge in [-0.25, -0.2) is 4.98 Å². The van der Waals surface area contributed by atoms with Crippen LogP contribution in [0.1, 0.15) is 23.2 Å². The van der Waals surface area contributed by atoms with Gasteiger partial charge in [-0.05, 0) is 25.0 Å². The van der Waals surface area contributed by atoms with Gasteiger partial charge < -0.3 is 9.64 Å². The number of hydrogen-bond donors (Lipinski definition) is 0. The minimum atomic E-state index is 0.0788. The summed E-state index contributed by atoms with van der Waals surface area (Å²) in [6, 6.07) is 7.71. The second-order valence-corrected chi connectivity index (χ2v) is 6.06. The van der Waals surface area contributed by atoms with Crippen molar-refractivity contribution in [1.82, 2.24) is 9.88 Å². The molecule has 0 N–H and O–H groups in total. The van der Waals surface area contributed by atoms with Gasteiger partial charge in [0.25, 0.3) is 5.91 Å². The third-order valence-electron chi connectivity index (χ3n) is 3.79. The van der Waals surface area contributed by atoms with Crippen molar-refractivity contribution in [2.75, 3.05) is 20.2 Å². The zero-order chi connectivity index (χ0) is 14.7. The molecule has 21 heavy (non-hydrogen) atoms. The van der Waals surface area contributed by atoms with Crippen molar-refractivity contribution in [3.05, 3.63) is 41.4 Å². The van der Waals surface area contributed by atoms with Crippen LogP contribution < -0.4 is 0 Å². The standard InChI is InChI=1S/C16H18N2O2S/c1-20-14-6-3-8-18(11-14)16(19)13-5-2-4-12(10-13)15-17-7-9-21-15/h2,4-5,7,9-10,14H,3,6,8,11H2,1H3/t14-/m0/s1. The van der Waals surface area contributed by atoms with Crippen LogP contribution in [0.2, 0.25) is 0 Å². The lowest BCUT2D eigenvalue weighted by molar-refractivity contribution is 0.0269. The number of likely N-dealkylation sites (tertiary alicyclic amines) is 1. The highest BCUT2D eigenvalue weighted by Crippen LogP contribution is 2.24. The van der Waals surface area contributed by atoms with Crippen LogP contribution in [0.5, 0.6) is 0 Å². The molecule has 1 amide bonds. The van der Waals surface area contributed by atoms with E-state index in [0.717, 1.165) is 35.5 Å². The molecule has 1 aliphatic rings. The molecule has 1 saturated heterocycles. The summed E-state index contributed by atoms with van der Waals surface area (Å²) in [7, 11) is 1.71. The van der Waals surface area contributed by atoms with Crippen molar-refractivity contribution in [1.29, 1.82) is 0 Å². The predicted molar refractivity (Wildman–Crippen MR) is 83.5 cm³/mol. The van der Waals surface area contributed by atoms with Gasteiger partial charge in [0.2, 0.25) is 0 Å². The lowest BCUT2D eigenvalue weighted by atomic mass is 10.1. The van der Waals surface area contributed by atoms with Gasteiger partial charge in [0.05, 0.1) is 6.10 Å². The number of piperidine rings is 1. The van der Waals surface area contributed by atoms with Gasteiger partial charge in [0, 0.05) is 42.9 Å². The van der Waals surface area contributed by atoms with E-state index in [1.165, 1.54) is 0 Å². The number of amides is 1. The average molecular weight is 302 g/mol. The monoisotopic (exact) mass is 302 g/mol. The summed E-state index contributed by atoms with van der Waals surface area (Å²) in [5, 5.41) is 2.88. The maximum Gasteiger partial charge on any atom is 0.253 e. The molecule has 0 saturated carbocycles. The highest BCUT2D eigenvalue weighted by Gasteiger charge is 2.24. The first-order valence-corrected chi connectivity index (χ1v) is 7.98.